The maximum Gasteiger partial charge on any atom is 0.412 e. The number of aliphatic hydroxyl groups excluding tert-OH is 1. The Morgan fingerprint density at radius 3 is 2.71 bits per heavy atom. The van der Waals surface area contributed by atoms with Crippen LogP contribution in [-0.2, 0) is 4.74 Å². The highest BCUT2D eigenvalue weighted by molar-refractivity contribution is 5.92. The second kappa shape index (κ2) is 10.2. The van der Waals surface area contributed by atoms with Gasteiger partial charge in [-0.2, -0.15) is 18.2 Å². The number of aliphatic hydroxyl groups is 1. The summed E-state index contributed by atoms with van der Waals surface area (Å²) in [5, 5.41) is 11.6. The van der Waals surface area contributed by atoms with E-state index in [1.165, 1.54) is 12.1 Å². The van der Waals surface area contributed by atoms with Gasteiger partial charge in [0.25, 0.3) is 0 Å². The molecule has 3 fully saturated rings. The molecular weight excluding hydrogens is 508 g/mol. The number of aryl methyl sites for hydroxylation is 1. The van der Waals surface area contributed by atoms with Gasteiger partial charge in [0.05, 0.1) is 25.5 Å². The van der Waals surface area contributed by atoms with Crippen molar-refractivity contribution >= 4 is 17.5 Å². The highest BCUT2D eigenvalue weighted by atomic mass is 19.4. The maximum absolute atomic E-state index is 15.0. The van der Waals surface area contributed by atoms with Gasteiger partial charge in [-0.15, -0.1) is 0 Å². The van der Waals surface area contributed by atoms with Gasteiger partial charge < -0.3 is 29.7 Å². The van der Waals surface area contributed by atoms with E-state index >= 15 is 0 Å². The van der Waals surface area contributed by atoms with Crippen LogP contribution in [0, 0.1) is 18.7 Å². The lowest BCUT2D eigenvalue weighted by Gasteiger charge is -2.37. The van der Waals surface area contributed by atoms with E-state index in [1.54, 1.807) is 19.1 Å². The number of carbonyl (C=O) groups excluding carboxylic acids is 1. The number of benzene rings is 1. The third-order valence-electron chi connectivity index (χ3n) is 7.56. The molecule has 2 unspecified atom stereocenters. The number of anilines is 2. The maximum atomic E-state index is 15.0. The van der Waals surface area contributed by atoms with Crippen molar-refractivity contribution in [1.82, 2.24) is 9.88 Å². The molecular formula is C26H30F4N4O4. The number of urea groups is 1. The first-order valence-electron chi connectivity index (χ1n) is 12.7. The number of fused-ring (bicyclic) bond motifs is 1. The van der Waals surface area contributed by atoms with Crippen molar-refractivity contribution in [3.8, 4) is 17.0 Å². The van der Waals surface area contributed by atoms with Crippen LogP contribution in [-0.4, -0.2) is 78.8 Å². The van der Waals surface area contributed by atoms with Crippen LogP contribution in [0.2, 0.25) is 0 Å². The van der Waals surface area contributed by atoms with Gasteiger partial charge in [-0.05, 0) is 67.0 Å². The van der Waals surface area contributed by atoms with Crippen LogP contribution in [0.3, 0.4) is 0 Å². The number of morpholine rings is 1. The number of pyridine rings is 1. The minimum Gasteiger partial charge on any atom is -0.475 e. The smallest absolute Gasteiger partial charge is 0.412 e. The summed E-state index contributed by atoms with van der Waals surface area (Å²) in [6.45, 7) is 3.76. The molecule has 1 aromatic heterocycles. The molecule has 2 N–H and O–H groups in total. The van der Waals surface area contributed by atoms with Crippen LogP contribution in [0.5, 0.6) is 5.88 Å². The van der Waals surface area contributed by atoms with Crippen molar-refractivity contribution in [2.24, 2.45) is 5.92 Å². The van der Waals surface area contributed by atoms with E-state index in [2.05, 4.69) is 10.3 Å². The summed E-state index contributed by atoms with van der Waals surface area (Å²) < 4.78 is 67.7. The number of hydrogen-bond donors (Lipinski definition) is 2. The molecule has 5 rings (SSSR count). The van der Waals surface area contributed by atoms with Gasteiger partial charge >= 0.3 is 12.2 Å². The van der Waals surface area contributed by atoms with Crippen molar-refractivity contribution in [3.05, 3.63) is 35.6 Å². The number of likely N-dealkylation sites (tertiary alicyclic amines) is 1. The number of nitrogens with zero attached hydrogens (tertiary/aromatic N) is 3. The van der Waals surface area contributed by atoms with Crippen LogP contribution in [0.4, 0.5) is 33.9 Å². The van der Waals surface area contributed by atoms with E-state index in [1.807, 2.05) is 4.90 Å². The molecule has 8 nitrogen and oxygen atoms in total. The first-order chi connectivity index (χ1) is 18.1. The molecule has 3 heterocycles. The third-order valence-corrected chi connectivity index (χ3v) is 7.56. The monoisotopic (exact) mass is 538 g/mol. The van der Waals surface area contributed by atoms with E-state index in [-0.39, 0.29) is 37.7 Å². The van der Waals surface area contributed by atoms with Crippen LogP contribution in [0.1, 0.15) is 24.8 Å². The van der Waals surface area contributed by atoms with Crippen LogP contribution >= 0.6 is 0 Å². The van der Waals surface area contributed by atoms with Gasteiger partial charge in [-0.1, -0.05) is 0 Å². The molecule has 0 bridgehead atoms. The molecule has 12 heteroatoms. The van der Waals surface area contributed by atoms with Gasteiger partial charge in [0.2, 0.25) is 5.88 Å². The normalized spacial score (nSPS) is 23.2. The summed E-state index contributed by atoms with van der Waals surface area (Å²) in [6.07, 6.45) is -3.79. The average Bonchev–Trinajstić information content (AvgIpc) is 3.66. The highest BCUT2D eigenvalue weighted by Crippen LogP contribution is 2.62. The van der Waals surface area contributed by atoms with E-state index in [4.69, 9.17) is 9.47 Å². The molecule has 1 aromatic carbocycles. The summed E-state index contributed by atoms with van der Waals surface area (Å²) in [4.78, 5) is 20.4. The van der Waals surface area contributed by atoms with Gasteiger partial charge in [-0.25, -0.2) is 9.18 Å². The number of carbonyl (C=O) groups is 1. The summed E-state index contributed by atoms with van der Waals surface area (Å²) in [5.41, 5.74) is -0.649. The summed E-state index contributed by atoms with van der Waals surface area (Å²) in [5.74, 6) is -0.502. The molecule has 2 saturated heterocycles. The van der Waals surface area contributed by atoms with Gasteiger partial charge in [0.15, 0.2) is 0 Å². The number of hydrogen-bond acceptors (Lipinski definition) is 6. The fraction of sp³-hybridized carbons (Fsp3) is 0.538. The number of halogens is 4. The number of ether oxygens (including phenoxy) is 2. The van der Waals surface area contributed by atoms with Crippen molar-refractivity contribution in [2.45, 2.75) is 37.9 Å². The number of alkyl halides is 3. The van der Waals surface area contributed by atoms with Gasteiger partial charge in [0, 0.05) is 25.7 Å². The van der Waals surface area contributed by atoms with Gasteiger partial charge in [-0.3, -0.25) is 0 Å². The Morgan fingerprint density at radius 2 is 2.00 bits per heavy atom. The second-order valence-electron chi connectivity index (χ2n) is 9.92. The van der Waals surface area contributed by atoms with Crippen LogP contribution in [0.15, 0.2) is 24.3 Å². The molecule has 206 valence electrons. The lowest BCUT2D eigenvalue weighted by atomic mass is 9.99. The second-order valence-corrected chi connectivity index (χ2v) is 9.92. The lowest BCUT2D eigenvalue weighted by molar-refractivity contribution is -0.196. The Morgan fingerprint density at radius 1 is 1.24 bits per heavy atom. The number of nitrogens with one attached hydrogen (secondary N) is 1. The molecule has 2 aromatic rings. The lowest BCUT2D eigenvalue weighted by Crippen LogP contribution is -2.56. The molecule has 3 aliphatic rings. The minimum atomic E-state index is -4.55. The van der Waals surface area contributed by atoms with E-state index in [0.29, 0.717) is 61.7 Å². The van der Waals surface area contributed by atoms with E-state index in [9.17, 15) is 27.5 Å². The number of rotatable bonds is 6. The number of aromatic nitrogens is 1. The standard InChI is InChI=1S/C26H30F4N4O4/c1-16-11-20(27)21(31-24(36)34-4-2-3-18-15-25(18,34)26(28,29)30)14-19(16)17-12-22(33-5-8-37-9-6-33)32-23(13-17)38-10-7-35/h11-14,18,35H,2-10,15H2,1H3,(H,31,36). The summed E-state index contributed by atoms with van der Waals surface area (Å²) in [7, 11) is 0. The Labute approximate surface area is 217 Å². The Kier molecular flexibility index (Phi) is 7.12. The third kappa shape index (κ3) is 4.86. The van der Waals surface area contributed by atoms with Crippen molar-refractivity contribution in [1.29, 1.82) is 0 Å². The fourth-order valence-electron chi connectivity index (χ4n) is 5.55. The Balaban J connectivity index is 1.46. The Bertz CT molecular complexity index is 1200. The van der Waals surface area contributed by atoms with E-state index < -0.39 is 29.5 Å². The molecule has 0 spiro atoms. The largest absolute Gasteiger partial charge is 0.475 e. The van der Waals surface area contributed by atoms with Crippen LogP contribution in [0.25, 0.3) is 11.1 Å². The van der Waals surface area contributed by atoms with Crippen molar-refractivity contribution in [2.75, 3.05) is 56.3 Å². The van der Waals surface area contributed by atoms with Gasteiger partial charge in [0.1, 0.15) is 23.8 Å². The molecule has 2 atom stereocenters. The van der Waals surface area contributed by atoms with Crippen LogP contribution < -0.4 is 15.0 Å². The minimum absolute atomic E-state index is 0.0283. The number of piperidine rings is 1. The topological polar surface area (TPSA) is 87.2 Å². The molecule has 0 radical (unpaired) electrons. The zero-order valence-corrected chi connectivity index (χ0v) is 21.0. The molecule has 1 aliphatic carbocycles. The zero-order valence-electron chi connectivity index (χ0n) is 21.0. The average molecular weight is 539 g/mol. The Hall–Kier alpha value is -3.12. The number of amides is 2. The van der Waals surface area contributed by atoms with E-state index in [0.717, 1.165) is 4.90 Å². The quantitative estimate of drug-likeness (QED) is 0.532. The van der Waals surface area contributed by atoms with Crippen molar-refractivity contribution < 1.29 is 36.9 Å². The van der Waals surface area contributed by atoms with Crippen molar-refractivity contribution in [3.63, 3.8) is 0 Å². The summed E-state index contributed by atoms with van der Waals surface area (Å²) >= 11 is 0. The molecule has 2 amide bonds. The molecule has 2 aliphatic heterocycles. The fourth-order valence-corrected chi connectivity index (χ4v) is 5.55. The predicted octanol–water partition coefficient (Wildman–Crippen LogP) is 4.35. The highest BCUT2D eigenvalue weighted by Gasteiger charge is 2.75. The summed E-state index contributed by atoms with van der Waals surface area (Å²) in [6, 6.07) is 5.15. The zero-order chi connectivity index (χ0) is 27.1. The molecule has 1 saturated carbocycles. The predicted molar refractivity (Wildman–Crippen MR) is 132 cm³/mol. The molecule has 38 heavy (non-hydrogen) atoms. The first-order valence-corrected chi connectivity index (χ1v) is 12.7. The SMILES string of the molecule is Cc1cc(F)c(NC(=O)N2CCCC3CC32C(F)(F)F)cc1-c1cc(OCCO)nc(N2CCOCC2)c1. The first kappa shape index (κ1) is 26.5.